The lowest BCUT2D eigenvalue weighted by molar-refractivity contribution is 0.262. The molecule has 0 bridgehead atoms. The Balaban J connectivity index is 2.00. The molecule has 0 unspecified atom stereocenters. The monoisotopic (exact) mass is 268 g/mol. The molecule has 0 atom stereocenters. The van der Waals surface area contributed by atoms with Gasteiger partial charge in [0.1, 0.15) is 5.82 Å². The number of benzene rings is 1. The molecule has 1 heterocycles. The molecule has 0 saturated heterocycles. The van der Waals surface area contributed by atoms with Gasteiger partial charge in [0.05, 0.1) is 5.02 Å². The number of carbonyl (C=O) groups excluding carboxylic acids is 1. The Bertz CT molecular complexity index is 584. The molecule has 2 rings (SSSR count). The summed E-state index contributed by atoms with van der Waals surface area (Å²) in [6.07, 6.45) is 1.70. The molecule has 5 nitrogen and oxygen atoms in total. The number of aryl methyl sites for hydroxylation is 1. The van der Waals surface area contributed by atoms with E-state index in [4.69, 9.17) is 11.6 Å². The molecule has 18 heavy (non-hydrogen) atoms. The first-order valence-electron chi connectivity index (χ1n) is 5.07. The van der Waals surface area contributed by atoms with Crippen LogP contribution in [-0.4, -0.2) is 15.8 Å². The van der Waals surface area contributed by atoms with Gasteiger partial charge in [-0.1, -0.05) is 11.6 Å². The maximum absolute atomic E-state index is 12.9. The minimum atomic E-state index is -0.535. The zero-order valence-corrected chi connectivity index (χ0v) is 10.2. The second kappa shape index (κ2) is 5.05. The molecule has 1 aromatic heterocycles. The molecule has 0 radical (unpaired) electrons. The highest BCUT2D eigenvalue weighted by Crippen LogP contribution is 2.19. The summed E-state index contributed by atoms with van der Waals surface area (Å²) in [6, 6.07) is 5.10. The maximum atomic E-state index is 12.9. The van der Waals surface area contributed by atoms with Crippen LogP contribution in [-0.2, 0) is 7.05 Å². The van der Waals surface area contributed by atoms with E-state index in [0.717, 1.165) is 0 Å². The quantitative estimate of drug-likeness (QED) is 0.880. The SMILES string of the molecule is Cn1ccc(NC(=O)Nc2ccc(F)c(Cl)c2)n1. The van der Waals surface area contributed by atoms with Gasteiger partial charge in [0, 0.05) is 25.0 Å². The largest absolute Gasteiger partial charge is 0.324 e. The third-order valence-corrected chi connectivity index (χ3v) is 2.42. The number of anilines is 2. The summed E-state index contributed by atoms with van der Waals surface area (Å²) in [4.78, 5) is 11.6. The lowest BCUT2D eigenvalue weighted by Gasteiger charge is -2.06. The topological polar surface area (TPSA) is 59.0 Å². The maximum Gasteiger partial charge on any atom is 0.324 e. The zero-order valence-electron chi connectivity index (χ0n) is 9.45. The van der Waals surface area contributed by atoms with E-state index in [9.17, 15) is 9.18 Å². The van der Waals surface area contributed by atoms with Crippen LogP contribution in [0.5, 0.6) is 0 Å². The Labute approximate surface area is 108 Å². The zero-order chi connectivity index (χ0) is 13.1. The fourth-order valence-electron chi connectivity index (χ4n) is 1.33. The van der Waals surface area contributed by atoms with Gasteiger partial charge in [-0.15, -0.1) is 0 Å². The van der Waals surface area contributed by atoms with Crippen LogP contribution in [0, 0.1) is 5.82 Å². The average Bonchev–Trinajstić information content (AvgIpc) is 2.69. The summed E-state index contributed by atoms with van der Waals surface area (Å²) < 4.78 is 14.5. The van der Waals surface area contributed by atoms with Crippen molar-refractivity contribution >= 4 is 29.1 Å². The molecule has 2 amide bonds. The summed E-state index contributed by atoms with van der Waals surface area (Å²) in [5.41, 5.74) is 0.398. The predicted octanol–water partition coefficient (Wildman–Crippen LogP) is 2.86. The number of hydrogen-bond donors (Lipinski definition) is 2. The summed E-state index contributed by atoms with van der Waals surface area (Å²) >= 11 is 5.60. The molecule has 94 valence electrons. The third kappa shape index (κ3) is 2.98. The molecule has 0 saturated carbocycles. The molecule has 0 aliphatic heterocycles. The molecular weight excluding hydrogens is 259 g/mol. The predicted molar refractivity (Wildman–Crippen MR) is 67.3 cm³/mol. The summed E-state index contributed by atoms with van der Waals surface area (Å²) in [5.74, 6) is -0.115. The molecule has 0 aliphatic carbocycles. The Kier molecular flexibility index (Phi) is 3.47. The van der Waals surface area contributed by atoms with Crippen molar-refractivity contribution in [2.24, 2.45) is 7.05 Å². The molecule has 2 N–H and O–H groups in total. The molecule has 0 aliphatic rings. The number of carbonyl (C=O) groups is 1. The first-order chi connectivity index (χ1) is 8.54. The molecule has 0 fully saturated rings. The smallest absolute Gasteiger partial charge is 0.308 e. The first kappa shape index (κ1) is 12.4. The Morgan fingerprint density at radius 2 is 2.17 bits per heavy atom. The van der Waals surface area contributed by atoms with Crippen molar-refractivity contribution in [3.05, 3.63) is 41.3 Å². The lowest BCUT2D eigenvalue weighted by atomic mass is 10.3. The van der Waals surface area contributed by atoms with Gasteiger partial charge >= 0.3 is 6.03 Å². The number of hydrogen-bond acceptors (Lipinski definition) is 2. The van der Waals surface area contributed by atoms with Crippen molar-refractivity contribution in [1.29, 1.82) is 0 Å². The van der Waals surface area contributed by atoms with Crippen LogP contribution in [0.25, 0.3) is 0 Å². The number of nitrogens with one attached hydrogen (secondary N) is 2. The van der Waals surface area contributed by atoms with Crippen LogP contribution in [0.3, 0.4) is 0 Å². The van der Waals surface area contributed by atoms with Crippen LogP contribution in [0.2, 0.25) is 5.02 Å². The van der Waals surface area contributed by atoms with E-state index >= 15 is 0 Å². The van der Waals surface area contributed by atoms with Gasteiger partial charge in [-0.25, -0.2) is 9.18 Å². The highest BCUT2D eigenvalue weighted by molar-refractivity contribution is 6.31. The van der Waals surface area contributed by atoms with Crippen LogP contribution in [0.15, 0.2) is 30.5 Å². The van der Waals surface area contributed by atoms with E-state index in [1.54, 1.807) is 24.0 Å². The standard InChI is InChI=1S/C11H10ClFN4O/c1-17-5-4-10(16-17)15-11(18)14-7-2-3-9(13)8(12)6-7/h2-6H,1H3,(H2,14,15,16,18). The van der Waals surface area contributed by atoms with Gasteiger partial charge in [-0.2, -0.15) is 5.10 Å². The van der Waals surface area contributed by atoms with Gasteiger partial charge in [0.25, 0.3) is 0 Å². The van der Waals surface area contributed by atoms with E-state index < -0.39 is 11.8 Å². The number of amides is 2. The Morgan fingerprint density at radius 3 is 2.78 bits per heavy atom. The number of nitrogens with zero attached hydrogens (tertiary/aromatic N) is 2. The van der Waals surface area contributed by atoms with Crippen LogP contribution < -0.4 is 10.6 Å². The van der Waals surface area contributed by atoms with Gasteiger partial charge in [0.2, 0.25) is 0 Å². The second-order valence-corrected chi connectivity index (χ2v) is 3.99. The van der Waals surface area contributed by atoms with Crippen LogP contribution in [0.4, 0.5) is 20.7 Å². The van der Waals surface area contributed by atoms with Gasteiger partial charge in [-0.3, -0.25) is 10.00 Å². The Morgan fingerprint density at radius 1 is 1.39 bits per heavy atom. The number of halogens is 2. The van der Waals surface area contributed by atoms with Crippen molar-refractivity contribution < 1.29 is 9.18 Å². The highest BCUT2D eigenvalue weighted by atomic mass is 35.5. The van der Waals surface area contributed by atoms with Crippen molar-refractivity contribution in [2.45, 2.75) is 0 Å². The lowest BCUT2D eigenvalue weighted by Crippen LogP contribution is -2.19. The van der Waals surface area contributed by atoms with Crippen molar-refractivity contribution in [2.75, 3.05) is 10.6 Å². The summed E-state index contributed by atoms with van der Waals surface area (Å²) in [6.45, 7) is 0. The molecule has 2 aromatic rings. The van der Waals surface area contributed by atoms with Gasteiger partial charge in [0.15, 0.2) is 5.82 Å². The minimum absolute atomic E-state index is 0.0503. The van der Waals surface area contributed by atoms with Crippen LogP contribution >= 0.6 is 11.6 Å². The van der Waals surface area contributed by atoms with Crippen molar-refractivity contribution in [1.82, 2.24) is 9.78 Å². The number of aromatic nitrogens is 2. The minimum Gasteiger partial charge on any atom is -0.308 e. The molecule has 7 heteroatoms. The first-order valence-corrected chi connectivity index (χ1v) is 5.45. The molecular formula is C11H10ClFN4O. The second-order valence-electron chi connectivity index (χ2n) is 3.58. The number of urea groups is 1. The third-order valence-electron chi connectivity index (χ3n) is 2.13. The van der Waals surface area contributed by atoms with E-state index in [1.165, 1.54) is 18.2 Å². The average molecular weight is 269 g/mol. The van der Waals surface area contributed by atoms with Gasteiger partial charge in [-0.05, 0) is 18.2 Å². The van der Waals surface area contributed by atoms with E-state index in [2.05, 4.69) is 15.7 Å². The van der Waals surface area contributed by atoms with E-state index in [0.29, 0.717) is 11.5 Å². The summed E-state index contributed by atoms with van der Waals surface area (Å²) in [7, 11) is 1.74. The van der Waals surface area contributed by atoms with Crippen molar-refractivity contribution in [3.8, 4) is 0 Å². The normalized spacial score (nSPS) is 10.2. The molecule has 1 aromatic carbocycles. The van der Waals surface area contributed by atoms with Crippen molar-refractivity contribution in [3.63, 3.8) is 0 Å². The van der Waals surface area contributed by atoms with Gasteiger partial charge < -0.3 is 5.32 Å². The number of rotatable bonds is 2. The van der Waals surface area contributed by atoms with Crippen LogP contribution in [0.1, 0.15) is 0 Å². The fraction of sp³-hybridized carbons (Fsp3) is 0.0909. The highest BCUT2D eigenvalue weighted by Gasteiger charge is 2.06. The van der Waals surface area contributed by atoms with E-state index in [-0.39, 0.29) is 5.02 Å². The fourth-order valence-corrected chi connectivity index (χ4v) is 1.51. The summed E-state index contributed by atoms with van der Waals surface area (Å²) in [5, 5.41) is 8.98. The van der Waals surface area contributed by atoms with E-state index in [1.807, 2.05) is 0 Å². The molecule has 0 spiro atoms. The Hall–Kier alpha value is -2.08.